The van der Waals surface area contributed by atoms with Gasteiger partial charge >= 0.3 is 0 Å². The van der Waals surface area contributed by atoms with Crippen LogP contribution in [0.1, 0.15) is 13.8 Å². The molecule has 3 aromatic carbocycles. The Kier molecular flexibility index (Phi) is 3.88. The maximum atomic E-state index is 9.65. The molecule has 0 saturated carbocycles. The van der Waals surface area contributed by atoms with Gasteiger partial charge in [0.25, 0.3) is 0 Å². The summed E-state index contributed by atoms with van der Waals surface area (Å²) in [5.74, 6) is 1.22. The fraction of sp³-hybridized carbons (Fsp3) is 0.222. The monoisotopic (exact) mass is 298 g/mol. The number of hydrogen-bond acceptors (Lipinski definition) is 4. The van der Waals surface area contributed by atoms with Gasteiger partial charge < -0.3 is 19.7 Å². The largest absolute Gasteiger partial charge is 0.464 e. The molecule has 4 heteroatoms. The Morgan fingerprint density at radius 3 is 1.14 bits per heavy atom. The Bertz CT molecular complexity index is 684. The van der Waals surface area contributed by atoms with Crippen molar-refractivity contribution in [3.05, 3.63) is 48.5 Å². The Hall–Kier alpha value is -2.30. The number of aliphatic hydroxyl groups is 2. The molecule has 114 valence electrons. The van der Waals surface area contributed by atoms with Crippen molar-refractivity contribution >= 4 is 21.5 Å². The summed E-state index contributed by atoms with van der Waals surface area (Å²) in [7, 11) is 0. The van der Waals surface area contributed by atoms with Gasteiger partial charge in [0.15, 0.2) is 12.6 Å². The van der Waals surface area contributed by atoms with Gasteiger partial charge in [0.05, 0.1) is 0 Å². The van der Waals surface area contributed by atoms with E-state index in [-0.39, 0.29) is 0 Å². The van der Waals surface area contributed by atoms with Crippen LogP contribution in [-0.2, 0) is 0 Å². The van der Waals surface area contributed by atoms with E-state index in [2.05, 4.69) is 0 Å². The number of ether oxygens (including phenoxy) is 2. The summed E-state index contributed by atoms with van der Waals surface area (Å²) in [6.07, 6.45) is -1.84. The minimum absolute atomic E-state index is 0.610. The second-order valence-electron chi connectivity index (χ2n) is 5.18. The van der Waals surface area contributed by atoms with Gasteiger partial charge in [0, 0.05) is 21.5 Å². The summed E-state index contributed by atoms with van der Waals surface area (Å²) in [5.41, 5.74) is 0. The second kappa shape index (κ2) is 5.83. The minimum Gasteiger partial charge on any atom is -0.464 e. The van der Waals surface area contributed by atoms with E-state index < -0.39 is 12.6 Å². The molecule has 0 aliphatic heterocycles. The first kappa shape index (κ1) is 14.6. The molecule has 0 aliphatic rings. The molecule has 3 rings (SSSR count). The summed E-state index contributed by atoms with van der Waals surface area (Å²) in [4.78, 5) is 0. The third-order valence-corrected chi connectivity index (χ3v) is 3.41. The van der Waals surface area contributed by atoms with Crippen LogP contribution in [-0.4, -0.2) is 22.8 Å². The van der Waals surface area contributed by atoms with Crippen molar-refractivity contribution in [2.24, 2.45) is 0 Å². The Morgan fingerprint density at radius 2 is 0.909 bits per heavy atom. The molecule has 0 spiro atoms. The molecule has 2 unspecified atom stereocenters. The average molecular weight is 298 g/mol. The van der Waals surface area contributed by atoms with Crippen molar-refractivity contribution in [1.82, 2.24) is 0 Å². The van der Waals surface area contributed by atoms with Crippen LogP contribution < -0.4 is 9.47 Å². The van der Waals surface area contributed by atoms with E-state index in [1.54, 1.807) is 13.8 Å². The highest BCUT2D eigenvalue weighted by atomic mass is 16.6. The molecule has 0 aliphatic carbocycles. The minimum atomic E-state index is -0.921. The Morgan fingerprint density at radius 1 is 0.636 bits per heavy atom. The summed E-state index contributed by atoms with van der Waals surface area (Å²) in [6.45, 7) is 3.15. The number of aliphatic hydroxyl groups excluding tert-OH is 2. The van der Waals surface area contributed by atoms with Gasteiger partial charge in [-0.25, -0.2) is 0 Å². The second-order valence-corrected chi connectivity index (χ2v) is 5.18. The van der Waals surface area contributed by atoms with E-state index >= 15 is 0 Å². The first-order chi connectivity index (χ1) is 10.6. The molecule has 0 bridgehead atoms. The lowest BCUT2D eigenvalue weighted by Crippen LogP contribution is -2.12. The van der Waals surface area contributed by atoms with Gasteiger partial charge in [-0.15, -0.1) is 0 Å². The van der Waals surface area contributed by atoms with E-state index in [4.69, 9.17) is 9.47 Å². The van der Waals surface area contributed by atoms with E-state index in [1.807, 2.05) is 48.5 Å². The van der Waals surface area contributed by atoms with E-state index in [0.717, 1.165) is 21.5 Å². The first-order valence-electron chi connectivity index (χ1n) is 7.21. The lowest BCUT2D eigenvalue weighted by Gasteiger charge is -2.19. The number of rotatable bonds is 4. The summed E-state index contributed by atoms with van der Waals surface area (Å²) in [6, 6.07) is 15.2. The molecule has 0 saturated heterocycles. The molecule has 0 amide bonds. The van der Waals surface area contributed by atoms with Gasteiger partial charge in [-0.05, 0) is 13.8 Å². The predicted molar refractivity (Wildman–Crippen MR) is 86.1 cm³/mol. The molecule has 2 N–H and O–H groups in total. The number of fused-ring (bicyclic) bond motifs is 2. The lowest BCUT2D eigenvalue weighted by atomic mass is 10.0. The Balaban J connectivity index is 2.42. The molecule has 4 nitrogen and oxygen atoms in total. The third kappa shape index (κ3) is 2.58. The topological polar surface area (TPSA) is 58.9 Å². The molecule has 3 aromatic rings. The predicted octanol–water partition coefficient (Wildman–Crippen LogP) is 3.43. The standard InChI is InChI=1S/C18H18O4/c1-11(19)21-17-13-7-3-5-9-15(13)18(22-12(2)20)16-10-6-4-8-14(16)17/h3-12,19-20H,1-2H3. The van der Waals surface area contributed by atoms with Crippen LogP contribution in [0, 0.1) is 0 Å². The maximum absolute atomic E-state index is 9.65. The van der Waals surface area contributed by atoms with E-state index in [1.165, 1.54) is 0 Å². The zero-order chi connectivity index (χ0) is 15.7. The van der Waals surface area contributed by atoms with Crippen molar-refractivity contribution in [3.63, 3.8) is 0 Å². The quantitative estimate of drug-likeness (QED) is 0.572. The molecule has 0 heterocycles. The van der Waals surface area contributed by atoms with Gasteiger partial charge in [-0.1, -0.05) is 48.5 Å². The molecular weight excluding hydrogens is 280 g/mol. The molecule has 0 radical (unpaired) electrons. The lowest BCUT2D eigenvalue weighted by molar-refractivity contribution is -0.000231. The first-order valence-corrected chi connectivity index (χ1v) is 7.21. The van der Waals surface area contributed by atoms with Crippen molar-refractivity contribution in [1.29, 1.82) is 0 Å². The summed E-state index contributed by atoms with van der Waals surface area (Å²) < 4.78 is 11.3. The highest BCUT2D eigenvalue weighted by Gasteiger charge is 2.17. The van der Waals surface area contributed by atoms with Crippen molar-refractivity contribution in [2.45, 2.75) is 26.4 Å². The van der Waals surface area contributed by atoms with Crippen LogP contribution in [0.2, 0.25) is 0 Å². The maximum Gasteiger partial charge on any atom is 0.194 e. The fourth-order valence-corrected chi connectivity index (χ4v) is 2.64. The highest BCUT2D eigenvalue weighted by molar-refractivity contribution is 6.11. The number of hydrogen-bond donors (Lipinski definition) is 2. The highest BCUT2D eigenvalue weighted by Crippen LogP contribution is 2.43. The van der Waals surface area contributed by atoms with Crippen LogP contribution in [0.3, 0.4) is 0 Å². The average Bonchev–Trinajstić information content (AvgIpc) is 2.50. The van der Waals surface area contributed by atoms with Gasteiger partial charge in [0.2, 0.25) is 0 Å². The zero-order valence-corrected chi connectivity index (χ0v) is 12.5. The van der Waals surface area contributed by atoms with E-state index in [9.17, 15) is 10.2 Å². The van der Waals surface area contributed by atoms with Crippen molar-refractivity contribution in [2.75, 3.05) is 0 Å². The fourth-order valence-electron chi connectivity index (χ4n) is 2.64. The van der Waals surface area contributed by atoms with Gasteiger partial charge in [-0.2, -0.15) is 0 Å². The van der Waals surface area contributed by atoms with Crippen LogP contribution in [0.4, 0.5) is 0 Å². The normalized spacial score (nSPS) is 14.0. The van der Waals surface area contributed by atoms with Crippen LogP contribution >= 0.6 is 0 Å². The van der Waals surface area contributed by atoms with E-state index in [0.29, 0.717) is 11.5 Å². The zero-order valence-electron chi connectivity index (χ0n) is 12.5. The molecular formula is C18H18O4. The Labute approximate surface area is 128 Å². The van der Waals surface area contributed by atoms with Gasteiger partial charge in [-0.3, -0.25) is 0 Å². The number of benzene rings is 3. The summed E-state index contributed by atoms with van der Waals surface area (Å²) in [5, 5.41) is 22.6. The molecule has 0 aromatic heterocycles. The smallest absolute Gasteiger partial charge is 0.194 e. The summed E-state index contributed by atoms with van der Waals surface area (Å²) >= 11 is 0. The van der Waals surface area contributed by atoms with Crippen molar-refractivity contribution in [3.8, 4) is 11.5 Å². The van der Waals surface area contributed by atoms with Gasteiger partial charge in [0.1, 0.15) is 11.5 Å². The molecule has 0 fully saturated rings. The van der Waals surface area contributed by atoms with Crippen molar-refractivity contribution < 1.29 is 19.7 Å². The molecule has 22 heavy (non-hydrogen) atoms. The molecule has 2 atom stereocenters. The van der Waals surface area contributed by atoms with Crippen LogP contribution in [0.5, 0.6) is 11.5 Å². The van der Waals surface area contributed by atoms with Crippen LogP contribution in [0.25, 0.3) is 21.5 Å². The third-order valence-electron chi connectivity index (χ3n) is 3.41. The van der Waals surface area contributed by atoms with Crippen LogP contribution in [0.15, 0.2) is 48.5 Å². The SMILES string of the molecule is CC(O)Oc1c2ccccc2c(OC(C)O)c2ccccc12.